The number of carbonyl (C=O) groups is 2. The molecule has 1 aliphatic carbocycles. The molecule has 0 heterocycles. The number of hydrogen-bond acceptors (Lipinski definition) is 3. The van der Waals surface area contributed by atoms with E-state index in [0.29, 0.717) is 32.6 Å². The Kier molecular flexibility index (Phi) is 5.76. The van der Waals surface area contributed by atoms with Gasteiger partial charge in [-0.2, -0.15) is 0 Å². The molecule has 6 nitrogen and oxygen atoms in total. The lowest BCUT2D eigenvalue weighted by molar-refractivity contribution is -0.141. The van der Waals surface area contributed by atoms with Crippen molar-refractivity contribution in [1.29, 1.82) is 0 Å². The summed E-state index contributed by atoms with van der Waals surface area (Å²) in [5.41, 5.74) is 0. The molecule has 0 aromatic heterocycles. The third-order valence-electron chi connectivity index (χ3n) is 2.85. The van der Waals surface area contributed by atoms with Crippen LogP contribution >= 0.6 is 0 Å². The van der Waals surface area contributed by atoms with Gasteiger partial charge < -0.3 is 20.5 Å². The molecule has 1 aliphatic rings. The maximum Gasteiger partial charge on any atom is 0.315 e. The fraction of sp³-hybridized carbons (Fsp3) is 0.818. The van der Waals surface area contributed by atoms with E-state index >= 15 is 0 Å². The quantitative estimate of drug-likeness (QED) is 0.596. The standard InChI is InChI=1S/C11H20N2O4/c1-2-17-6-5-12-11(16)13-9-4-3-8(7-9)10(14)15/h8-9H,2-7H2,1H3,(H,14,15)(H2,12,13,16)/t8-,9+/m1/s1. The molecular formula is C11H20N2O4. The number of rotatable bonds is 6. The largest absolute Gasteiger partial charge is 0.481 e. The highest BCUT2D eigenvalue weighted by Gasteiger charge is 2.30. The lowest BCUT2D eigenvalue weighted by Gasteiger charge is -2.13. The van der Waals surface area contributed by atoms with E-state index in [4.69, 9.17) is 9.84 Å². The summed E-state index contributed by atoms with van der Waals surface area (Å²) in [7, 11) is 0. The lowest BCUT2D eigenvalue weighted by atomic mass is 10.1. The van der Waals surface area contributed by atoms with Crippen molar-refractivity contribution in [3.63, 3.8) is 0 Å². The number of hydrogen-bond donors (Lipinski definition) is 3. The molecule has 2 atom stereocenters. The molecule has 17 heavy (non-hydrogen) atoms. The van der Waals surface area contributed by atoms with Crippen molar-refractivity contribution < 1.29 is 19.4 Å². The van der Waals surface area contributed by atoms with Gasteiger partial charge in [0.15, 0.2) is 0 Å². The normalized spacial score (nSPS) is 23.4. The molecule has 1 rings (SSSR count). The second kappa shape index (κ2) is 7.11. The van der Waals surface area contributed by atoms with Gasteiger partial charge in [-0.15, -0.1) is 0 Å². The molecular weight excluding hydrogens is 224 g/mol. The zero-order chi connectivity index (χ0) is 12.7. The fourth-order valence-corrected chi connectivity index (χ4v) is 1.95. The van der Waals surface area contributed by atoms with Crippen LogP contribution in [-0.2, 0) is 9.53 Å². The number of carbonyl (C=O) groups excluding carboxylic acids is 1. The van der Waals surface area contributed by atoms with Crippen molar-refractivity contribution >= 4 is 12.0 Å². The number of urea groups is 1. The molecule has 0 aromatic rings. The van der Waals surface area contributed by atoms with Crippen LogP contribution in [0.4, 0.5) is 4.79 Å². The van der Waals surface area contributed by atoms with E-state index in [1.54, 1.807) is 0 Å². The van der Waals surface area contributed by atoms with Crippen LogP contribution < -0.4 is 10.6 Å². The van der Waals surface area contributed by atoms with Crippen molar-refractivity contribution in [3.8, 4) is 0 Å². The molecule has 0 bridgehead atoms. The van der Waals surface area contributed by atoms with Gasteiger partial charge in [-0.05, 0) is 26.2 Å². The topological polar surface area (TPSA) is 87.7 Å². The third-order valence-corrected chi connectivity index (χ3v) is 2.85. The zero-order valence-corrected chi connectivity index (χ0v) is 10.1. The van der Waals surface area contributed by atoms with Crippen LogP contribution in [0.1, 0.15) is 26.2 Å². The molecule has 3 N–H and O–H groups in total. The summed E-state index contributed by atoms with van der Waals surface area (Å²) in [5, 5.41) is 14.3. The van der Waals surface area contributed by atoms with Crippen LogP contribution in [0.2, 0.25) is 0 Å². The minimum atomic E-state index is -0.772. The Morgan fingerprint density at radius 3 is 2.76 bits per heavy atom. The first-order valence-electron chi connectivity index (χ1n) is 5.98. The number of carboxylic acid groups (broad SMARTS) is 1. The van der Waals surface area contributed by atoms with Gasteiger partial charge in [0.2, 0.25) is 0 Å². The molecule has 2 amide bonds. The van der Waals surface area contributed by atoms with Crippen LogP contribution in [0.25, 0.3) is 0 Å². The SMILES string of the molecule is CCOCCNC(=O)N[C@H]1CC[C@@H](C(=O)O)C1. The summed E-state index contributed by atoms with van der Waals surface area (Å²) in [6, 6.07) is -0.274. The first kappa shape index (κ1) is 13.8. The average Bonchev–Trinajstić information content (AvgIpc) is 2.73. The van der Waals surface area contributed by atoms with Gasteiger partial charge in [-0.25, -0.2) is 4.79 Å². The lowest BCUT2D eigenvalue weighted by Crippen LogP contribution is -2.42. The summed E-state index contributed by atoms with van der Waals surface area (Å²) in [4.78, 5) is 22.1. The van der Waals surface area contributed by atoms with Crippen molar-refractivity contribution in [2.75, 3.05) is 19.8 Å². The molecule has 0 aromatic carbocycles. The Balaban J connectivity index is 2.13. The Morgan fingerprint density at radius 1 is 1.41 bits per heavy atom. The predicted molar refractivity (Wildman–Crippen MR) is 61.8 cm³/mol. The Labute approximate surface area is 101 Å². The molecule has 0 spiro atoms. The summed E-state index contributed by atoms with van der Waals surface area (Å²) in [5.74, 6) is -1.09. The van der Waals surface area contributed by atoms with Crippen LogP contribution in [0.3, 0.4) is 0 Å². The molecule has 0 aliphatic heterocycles. The maximum absolute atomic E-state index is 11.4. The first-order chi connectivity index (χ1) is 8.13. The van der Waals surface area contributed by atoms with Crippen molar-refractivity contribution in [1.82, 2.24) is 10.6 Å². The molecule has 0 saturated heterocycles. The number of amides is 2. The van der Waals surface area contributed by atoms with Gasteiger partial charge in [-0.3, -0.25) is 4.79 Å². The number of carboxylic acids is 1. The summed E-state index contributed by atoms with van der Waals surface area (Å²) < 4.78 is 5.08. The first-order valence-corrected chi connectivity index (χ1v) is 5.98. The van der Waals surface area contributed by atoms with E-state index in [2.05, 4.69) is 10.6 Å². The van der Waals surface area contributed by atoms with Crippen LogP contribution in [0.15, 0.2) is 0 Å². The van der Waals surface area contributed by atoms with E-state index in [0.717, 1.165) is 6.42 Å². The van der Waals surface area contributed by atoms with Gasteiger partial charge in [0.1, 0.15) is 0 Å². The summed E-state index contributed by atoms with van der Waals surface area (Å²) in [6.45, 7) is 3.48. The predicted octanol–water partition coefficient (Wildman–Crippen LogP) is 0.575. The van der Waals surface area contributed by atoms with Crippen molar-refractivity contribution in [2.45, 2.75) is 32.2 Å². The monoisotopic (exact) mass is 244 g/mol. The van der Waals surface area contributed by atoms with Crippen molar-refractivity contribution in [3.05, 3.63) is 0 Å². The number of nitrogens with one attached hydrogen (secondary N) is 2. The molecule has 6 heteroatoms. The zero-order valence-electron chi connectivity index (χ0n) is 10.1. The van der Waals surface area contributed by atoms with Crippen LogP contribution in [0.5, 0.6) is 0 Å². The molecule has 98 valence electrons. The highest BCUT2D eigenvalue weighted by molar-refractivity contribution is 5.75. The van der Waals surface area contributed by atoms with E-state index < -0.39 is 5.97 Å². The smallest absolute Gasteiger partial charge is 0.315 e. The van der Waals surface area contributed by atoms with E-state index in [1.165, 1.54) is 0 Å². The Hall–Kier alpha value is -1.30. The van der Waals surface area contributed by atoms with E-state index in [-0.39, 0.29) is 18.0 Å². The highest BCUT2D eigenvalue weighted by Crippen LogP contribution is 2.25. The van der Waals surface area contributed by atoms with Gasteiger partial charge in [0, 0.05) is 19.2 Å². The van der Waals surface area contributed by atoms with Gasteiger partial charge in [0.25, 0.3) is 0 Å². The Bertz CT molecular complexity index is 270. The van der Waals surface area contributed by atoms with Crippen LogP contribution in [-0.4, -0.2) is 42.9 Å². The summed E-state index contributed by atoms with van der Waals surface area (Å²) in [6.07, 6.45) is 1.89. The van der Waals surface area contributed by atoms with Crippen LogP contribution in [0, 0.1) is 5.92 Å². The molecule has 1 saturated carbocycles. The average molecular weight is 244 g/mol. The van der Waals surface area contributed by atoms with E-state index in [1.807, 2.05) is 6.92 Å². The second-order valence-corrected chi connectivity index (χ2v) is 4.14. The number of aliphatic carboxylic acids is 1. The fourth-order valence-electron chi connectivity index (χ4n) is 1.95. The minimum absolute atomic E-state index is 0.0248. The van der Waals surface area contributed by atoms with Gasteiger partial charge in [-0.1, -0.05) is 0 Å². The third kappa shape index (κ3) is 5.04. The van der Waals surface area contributed by atoms with Crippen molar-refractivity contribution in [2.24, 2.45) is 5.92 Å². The van der Waals surface area contributed by atoms with Gasteiger partial charge >= 0.3 is 12.0 Å². The molecule has 0 unspecified atom stereocenters. The van der Waals surface area contributed by atoms with E-state index in [9.17, 15) is 9.59 Å². The highest BCUT2D eigenvalue weighted by atomic mass is 16.5. The second-order valence-electron chi connectivity index (χ2n) is 4.14. The minimum Gasteiger partial charge on any atom is -0.481 e. The summed E-state index contributed by atoms with van der Waals surface area (Å²) >= 11 is 0. The van der Waals surface area contributed by atoms with Gasteiger partial charge in [0.05, 0.1) is 12.5 Å². The molecule has 1 fully saturated rings. The maximum atomic E-state index is 11.4. The Morgan fingerprint density at radius 2 is 2.18 bits per heavy atom. The number of ether oxygens (including phenoxy) is 1. The molecule has 0 radical (unpaired) electrons.